The molecule has 0 radical (unpaired) electrons. The molecule has 0 aliphatic heterocycles. The SMILES string of the molecule is CC.CC.O=CC1CCC2(CCC2)CC1. The molecule has 1 nitrogen and oxygen atoms in total. The maximum Gasteiger partial charge on any atom is 0.123 e. The minimum atomic E-state index is 0.404. The van der Waals surface area contributed by atoms with E-state index in [1.807, 2.05) is 27.7 Å². The largest absolute Gasteiger partial charge is 0.303 e. The van der Waals surface area contributed by atoms with Gasteiger partial charge in [-0.1, -0.05) is 34.1 Å². The number of hydrogen-bond donors (Lipinski definition) is 0. The van der Waals surface area contributed by atoms with Crippen molar-refractivity contribution in [1.82, 2.24) is 0 Å². The van der Waals surface area contributed by atoms with Crippen LogP contribution in [0.4, 0.5) is 0 Å². The van der Waals surface area contributed by atoms with Crippen molar-refractivity contribution in [3.05, 3.63) is 0 Å². The van der Waals surface area contributed by atoms with Gasteiger partial charge in [0.1, 0.15) is 6.29 Å². The molecule has 2 rings (SSSR count). The van der Waals surface area contributed by atoms with Crippen LogP contribution in [0.5, 0.6) is 0 Å². The van der Waals surface area contributed by atoms with E-state index in [-0.39, 0.29) is 0 Å². The summed E-state index contributed by atoms with van der Waals surface area (Å²) in [5, 5.41) is 0. The predicted molar refractivity (Wildman–Crippen MR) is 67.0 cm³/mol. The molecular formula is C14H28O. The molecule has 0 N–H and O–H groups in total. The molecule has 2 fully saturated rings. The zero-order valence-electron chi connectivity index (χ0n) is 11.0. The second-order valence-corrected chi connectivity index (χ2v) is 4.33. The lowest BCUT2D eigenvalue weighted by molar-refractivity contribution is -0.113. The van der Waals surface area contributed by atoms with Crippen LogP contribution in [-0.2, 0) is 4.79 Å². The molecule has 0 bridgehead atoms. The molecular weight excluding hydrogens is 184 g/mol. The van der Waals surface area contributed by atoms with Gasteiger partial charge in [0.05, 0.1) is 0 Å². The molecule has 0 amide bonds. The Labute approximate surface area is 95.6 Å². The molecule has 2 aliphatic rings. The van der Waals surface area contributed by atoms with Crippen molar-refractivity contribution in [3.8, 4) is 0 Å². The zero-order chi connectivity index (χ0) is 11.7. The minimum Gasteiger partial charge on any atom is -0.303 e. The quantitative estimate of drug-likeness (QED) is 0.581. The molecule has 0 atom stereocenters. The van der Waals surface area contributed by atoms with E-state index < -0.39 is 0 Å². The molecule has 0 aromatic carbocycles. The van der Waals surface area contributed by atoms with Gasteiger partial charge in [0.25, 0.3) is 0 Å². The van der Waals surface area contributed by atoms with Crippen LogP contribution < -0.4 is 0 Å². The Morgan fingerprint density at radius 2 is 1.40 bits per heavy atom. The van der Waals surface area contributed by atoms with Crippen molar-refractivity contribution in [2.24, 2.45) is 11.3 Å². The lowest BCUT2D eigenvalue weighted by atomic mass is 9.59. The van der Waals surface area contributed by atoms with Gasteiger partial charge in [-0.15, -0.1) is 0 Å². The molecule has 2 saturated carbocycles. The lowest BCUT2D eigenvalue weighted by Crippen LogP contribution is -2.34. The first-order valence-corrected chi connectivity index (χ1v) is 6.80. The first-order chi connectivity index (χ1) is 7.35. The van der Waals surface area contributed by atoms with Gasteiger partial charge in [-0.3, -0.25) is 0 Å². The van der Waals surface area contributed by atoms with Crippen LogP contribution >= 0.6 is 0 Å². The smallest absolute Gasteiger partial charge is 0.123 e. The average molecular weight is 212 g/mol. The minimum absolute atomic E-state index is 0.404. The average Bonchev–Trinajstić information content (AvgIpc) is 2.32. The summed E-state index contributed by atoms with van der Waals surface area (Å²) in [6, 6.07) is 0. The van der Waals surface area contributed by atoms with E-state index in [0.717, 1.165) is 11.7 Å². The molecule has 0 aromatic rings. The fourth-order valence-corrected chi connectivity index (χ4v) is 2.57. The highest BCUT2D eigenvalue weighted by atomic mass is 16.1. The highest BCUT2D eigenvalue weighted by molar-refractivity contribution is 5.53. The maximum atomic E-state index is 10.5. The molecule has 2 aliphatic carbocycles. The van der Waals surface area contributed by atoms with Crippen LogP contribution in [0.3, 0.4) is 0 Å². The fourth-order valence-electron chi connectivity index (χ4n) is 2.57. The van der Waals surface area contributed by atoms with Crippen molar-refractivity contribution in [3.63, 3.8) is 0 Å². The summed E-state index contributed by atoms with van der Waals surface area (Å²) in [5.74, 6) is 0.404. The van der Waals surface area contributed by atoms with Crippen LogP contribution in [0.15, 0.2) is 0 Å². The van der Waals surface area contributed by atoms with E-state index in [0.29, 0.717) is 5.92 Å². The number of carbonyl (C=O) groups excluding carboxylic acids is 1. The fraction of sp³-hybridized carbons (Fsp3) is 0.929. The van der Waals surface area contributed by atoms with Gasteiger partial charge in [-0.2, -0.15) is 0 Å². The van der Waals surface area contributed by atoms with Crippen molar-refractivity contribution in [2.45, 2.75) is 72.6 Å². The summed E-state index contributed by atoms with van der Waals surface area (Å²) < 4.78 is 0. The van der Waals surface area contributed by atoms with E-state index >= 15 is 0 Å². The van der Waals surface area contributed by atoms with E-state index in [4.69, 9.17) is 0 Å². The summed E-state index contributed by atoms with van der Waals surface area (Å²) in [4.78, 5) is 10.5. The topological polar surface area (TPSA) is 17.1 Å². The van der Waals surface area contributed by atoms with Gasteiger partial charge in [0.15, 0.2) is 0 Å². The van der Waals surface area contributed by atoms with Crippen LogP contribution in [0, 0.1) is 11.3 Å². The van der Waals surface area contributed by atoms with Crippen LogP contribution in [-0.4, -0.2) is 6.29 Å². The van der Waals surface area contributed by atoms with Crippen molar-refractivity contribution < 1.29 is 4.79 Å². The Kier molecular flexibility index (Phi) is 7.72. The van der Waals surface area contributed by atoms with Crippen molar-refractivity contribution >= 4 is 6.29 Å². The standard InChI is InChI=1S/C10H16O.2C2H6/c11-8-9-2-6-10(7-3-9)4-1-5-10;2*1-2/h8-9H,1-7H2;2*1-2H3. The second-order valence-electron chi connectivity index (χ2n) is 4.33. The number of aldehydes is 1. The molecule has 1 spiro atoms. The Balaban J connectivity index is 0.000000442. The summed E-state index contributed by atoms with van der Waals surface area (Å²) in [5.41, 5.74) is 0.722. The highest BCUT2D eigenvalue weighted by Crippen LogP contribution is 2.52. The van der Waals surface area contributed by atoms with Gasteiger partial charge >= 0.3 is 0 Å². The second kappa shape index (κ2) is 7.90. The van der Waals surface area contributed by atoms with Gasteiger partial charge in [-0.25, -0.2) is 0 Å². The summed E-state index contributed by atoms with van der Waals surface area (Å²) in [6.07, 6.45) is 10.5. The van der Waals surface area contributed by atoms with Crippen LogP contribution in [0.2, 0.25) is 0 Å². The van der Waals surface area contributed by atoms with E-state index in [2.05, 4.69) is 0 Å². The molecule has 90 valence electrons. The van der Waals surface area contributed by atoms with Crippen molar-refractivity contribution in [1.29, 1.82) is 0 Å². The molecule has 0 saturated heterocycles. The van der Waals surface area contributed by atoms with Crippen molar-refractivity contribution in [2.75, 3.05) is 0 Å². The molecule has 0 aromatic heterocycles. The number of hydrogen-bond acceptors (Lipinski definition) is 1. The van der Waals surface area contributed by atoms with Crippen LogP contribution in [0.25, 0.3) is 0 Å². The summed E-state index contributed by atoms with van der Waals surface area (Å²) >= 11 is 0. The number of rotatable bonds is 1. The van der Waals surface area contributed by atoms with E-state index in [9.17, 15) is 4.79 Å². The molecule has 0 heterocycles. The third-order valence-electron chi connectivity index (χ3n) is 3.70. The first-order valence-electron chi connectivity index (χ1n) is 6.80. The van der Waals surface area contributed by atoms with E-state index in [1.165, 1.54) is 44.9 Å². The zero-order valence-corrected chi connectivity index (χ0v) is 11.0. The monoisotopic (exact) mass is 212 g/mol. The third kappa shape index (κ3) is 3.96. The number of carbonyl (C=O) groups is 1. The predicted octanol–water partition coefficient (Wildman–Crippen LogP) is 4.60. The Morgan fingerprint density at radius 1 is 0.933 bits per heavy atom. The maximum absolute atomic E-state index is 10.5. The Hall–Kier alpha value is -0.330. The molecule has 15 heavy (non-hydrogen) atoms. The highest BCUT2D eigenvalue weighted by Gasteiger charge is 2.39. The van der Waals surface area contributed by atoms with Crippen LogP contribution in [0.1, 0.15) is 72.6 Å². The Bertz CT molecular complexity index is 149. The normalized spacial score (nSPS) is 22.7. The summed E-state index contributed by atoms with van der Waals surface area (Å²) in [6.45, 7) is 8.00. The van der Waals surface area contributed by atoms with Gasteiger partial charge in [0.2, 0.25) is 0 Å². The molecule has 0 unspecified atom stereocenters. The van der Waals surface area contributed by atoms with E-state index in [1.54, 1.807) is 0 Å². The first kappa shape index (κ1) is 14.7. The Morgan fingerprint density at radius 3 is 1.67 bits per heavy atom. The van der Waals surface area contributed by atoms with Gasteiger partial charge < -0.3 is 4.79 Å². The lowest BCUT2D eigenvalue weighted by Gasteiger charge is -2.46. The van der Waals surface area contributed by atoms with Gasteiger partial charge in [0, 0.05) is 5.92 Å². The third-order valence-corrected chi connectivity index (χ3v) is 3.70. The van der Waals surface area contributed by atoms with Gasteiger partial charge in [-0.05, 0) is 43.9 Å². The summed E-state index contributed by atoms with van der Waals surface area (Å²) in [7, 11) is 0. The molecule has 1 heteroatoms.